The van der Waals surface area contributed by atoms with Gasteiger partial charge in [0.25, 0.3) is 0 Å². The van der Waals surface area contributed by atoms with Crippen molar-refractivity contribution in [1.29, 1.82) is 0 Å². The van der Waals surface area contributed by atoms with Crippen molar-refractivity contribution < 1.29 is 14.3 Å². The van der Waals surface area contributed by atoms with Gasteiger partial charge in [-0.15, -0.1) is 0 Å². The van der Waals surface area contributed by atoms with Crippen LogP contribution in [-0.2, 0) is 16.1 Å². The van der Waals surface area contributed by atoms with Crippen LogP contribution in [0.3, 0.4) is 0 Å². The Morgan fingerprint density at radius 1 is 1.40 bits per heavy atom. The summed E-state index contributed by atoms with van der Waals surface area (Å²) >= 11 is 0. The standard InChI is InChI=1S/C15H20N2O3/c1-3-20-13-6-4-11(5-7-13)10-17(2)15(19)12-8-14(18)16-9-12/h4-7,12H,3,8-10H2,1-2H3,(H,16,18). The zero-order chi connectivity index (χ0) is 14.5. The fourth-order valence-electron chi connectivity index (χ4n) is 2.30. The molecule has 1 aromatic carbocycles. The molecule has 5 heteroatoms. The van der Waals surface area contributed by atoms with Crippen LogP contribution in [0, 0.1) is 5.92 Å². The number of carbonyl (C=O) groups is 2. The van der Waals surface area contributed by atoms with E-state index in [-0.39, 0.29) is 17.7 Å². The molecule has 0 bridgehead atoms. The molecule has 5 nitrogen and oxygen atoms in total. The third-order valence-electron chi connectivity index (χ3n) is 3.36. The first-order valence-electron chi connectivity index (χ1n) is 6.83. The number of hydrogen-bond acceptors (Lipinski definition) is 3. The highest BCUT2D eigenvalue weighted by Gasteiger charge is 2.29. The lowest BCUT2D eigenvalue weighted by molar-refractivity contribution is -0.135. The second kappa shape index (κ2) is 6.41. The molecule has 0 radical (unpaired) electrons. The summed E-state index contributed by atoms with van der Waals surface area (Å²) in [5, 5.41) is 2.69. The van der Waals surface area contributed by atoms with E-state index < -0.39 is 0 Å². The number of benzene rings is 1. The average molecular weight is 276 g/mol. The molecule has 1 aliphatic rings. The van der Waals surface area contributed by atoms with Gasteiger partial charge in [0.2, 0.25) is 11.8 Å². The smallest absolute Gasteiger partial charge is 0.228 e. The monoisotopic (exact) mass is 276 g/mol. The molecule has 0 saturated carbocycles. The van der Waals surface area contributed by atoms with Crippen LogP contribution >= 0.6 is 0 Å². The zero-order valence-electron chi connectivity index (χ0n) is 11.9. The normalized spacial score (nSPS) is 17.7. The molecular weight excluding hydrogens is 256 g/mol. The van der Waals surface area contributed by atoms with Gasteiger partial charge in [-0.1, -0.05) is 12.1 Å². The Morgan fingerprint density at radius 2 is 2.10 bits per heavy atom. The fraction of sp³-hybridized carbons (Fsp3) is 0.467. The molecule has 1 aliphatic heterocycles. The number of nitrogens with zero attached hydrogens (tertiary/aromatic N) is 1. The molecule has 2 rings (SSSR count). The third-order valence-corrected chi connectivity index (χ3v) is 3.36. The van der Waals surface area contributed by atoms with Crippen LogP contribution in [0.15, 0.2) is 24.3 Å². The predicted molar refractivity (Wildman–Crippen MR) is 75.2 cm³/mol. The minimum absolute atomic E-state index is 0.0113. The fourth-order valence-corrected chi connectivity index (χ4v) is 2.30. The lowest BCUT2D eigenvalue weighted by Gasteiger charge is -2.20. The van der Waals surface area contributed by atoms with Crippen molar-refractivity contribution in [3.63, 3.8) is 0 Å². The van der Waals surface area contributed by atoms with Crippen LogP contribution < -0.4 is 10.1 Å². The minimum atomic E-state index is -0.227. The summed E-state index contributed by atoms with van der Waals surface area (Å²) in [7, 11) is 1.77. The SMILES string of the molecule is CCOc1ccc(CN(C)C(=O)C2CNC(=O)C2)cc1. The molecule has 20 heavy (non-hydrogen) atoms. The van der Waals surface area contributed by atoms with E-state index in [1.54, 1.807) is 11.9 Å². The van der Waals surface area contributed by atoms with E-state index in [0.29, 0.717) is 26.1 Å². The van der Waals surface area contributed by atoms with Gasteiger partial charge in [-0.25, -0.2) is 0 Å². The summed E-state index contributed by atoms with van der Waals surface area (Å²) in [5.41, 5.74) is 1.04. The first kappa shape index (κ1) is 14.4. The first-order valence-corrected chi connectivity index (χ1v) is 6.83. The summed E-state index contributed by atoms with van der Waals surface area (Å²) in [4.78, 5) is 25.0. The Labute approximate surface area is 118 Å². The molecule has 0 spiro atoms. The molecule has 1 fully saturated rings. The molecular formula is C15H20N2O3. The van der Waals surface area contributed by atoms with Gasteiger partial charge in [0.1, 0.15) is 5.75 Å². The highest BCUT2D eigenvalue weighted by Crippen LogP contribution is 2.16. The van der Waals surface area contributed by atoms with Gasteiger partial charge < -0.3 is 15.0 Å². The first-order chi connectivity index (χ1) is 9.60. The van der Waals surface area contributed by atoms with Crippen molar-refractivity contribution in [1.82, 2.24) is 10.2 Å². The van der Waals surface area contributed by atoms with Crippen LogP contribution in [0.4, 0.5) is 0 Å². The topological polar surface area (TPSA) is 58.6 Å². The molecule has 1 saturated heterocycles. The molecule has 0 aliphatic carbocycles. The molecule has 1 atom stereocenters. The highest BCUT2D eigenvalue weighted by molar-refractivity contribution is 5.89. The Balaban J connectivity index is 1.91. The third kappa shape index (κ3) is 3.50. The second-order valence-electron chi connectivity index (χ2n) is 4.98. The Hall–Kier alpha value is -2.04. The molecule has 1 heterocycles. The Morgan fingerprint density at radius 3 is 2.65 bits per heavy atom. The van der Waals surface area contributed by atoms with Crippen molar-refractivity contribution in [2.45, 2.75) is 19.9 Å². The summed E-state index contributed by atoms with van der Waals surface area (Å²) in [6.07, 6.45) is 0.298. The van der Waals surface area contributed by atoms with Crippen molar-refractivity contribution in [3.8, 4) is 5.75 Å². The highest BCUT2D eigenvalue weighted by atomic mass is 16.5. The lowest BCUT2D eigenvalue weighted by Crippen LogP contribution is -2.33. The van der Waals surface area contributed by atoms with Crippen molar-refractivity contribution >= 4 is 11.8 Å². The van der Waals surface area contributed by atoms with E-state index in [0.717, 1.165) is 11.3 Å². The zero-order valence-corrected chi connectivity index (χ0v) is 11.9. The van der Waals surface area contributed by atoms with Crippen LogP contribution in [0.1, 0.15) is 18.9 Å². The largest absolute Gasteiger partial charge is 0.494 e. The maximum atomic E-state index is 12.2. The number of amides is 2. The van der Waals surface area contributed by atoms with Crippen molar-refractivity contribution in [3.05, 3.63) is 29.8 Å². The number of carbonyl (C=O) groups excluding carboxylic acids is 2. The number of ether oxygens (including phenoxy) is 1. The maximum Gasteiger partial charge on any atom is 0.228 e. The molecule has 108 valence electrons. The summed E-state index contributed by atoms with van der Waals surface area (Å²) < 4.78 is 5.38. The van der Waals surface area contributed by atoms with Crippen LogP contribution in [0.5, 0.6) is 5.75 Å². The van der Waals surface area contributed by atoms with Gasteiger partial charge >= 0.3 is 0 Å². The van der Waals surface area contributed by atoms with Gasteiger partial charge in [0.15, 0.2) is 0 Å². The molecule has 1 unspecified atom stereocenters. The quantitative estimate of drug-likeness (QED) is 0.878. The molecule has 1 aromatic rings. The lowest BCUT2D eigenvalue weighted by atomic mass is 10.1. The van der Waals surface area contributed by atoms with Gasteiger partial charge in [-0.3, -0.25) is 9.59 Å². The van der Waals surface area contributed by atoms with E-state index in [9.17, 15) is 9.59 Å². The number of hydrogen-bond donors (Lipinski definition) is 1. The van der Waals surface area contributed by atoms with Gasteiger partial charge in [0, 0.05) is 26.6 Å². The minimum Gasteiger partial charge on any atom is -0.494 e. The summed E-state index contributed by atoms with van der Waals surface area (Å²) in [5.74, 6) is 0.570. The molecule has 0 aromatic heterocycles. The number of nitrogens with one attached hydrogen (secondary N) is 1. The second-order valence-corrected chi connectivity index (χ2v) is 4.98. The van der Waals surface area contributed by atoms with E-state index in [1.807, 2.05) is 31.2 Å². The van der Waals surface area contributed by atoms with E-state index in [2.05, 4.69) is 5.32 Å². The summed E-state index contributed by atoms with van der Waals surface area (Å²) in [6, 6.07) is 7.70. The molecule has 2 amide bonds. The van der Waals surface area contributed by atoms with Crippen molar-refractivity contribution in [2.24, 2.45) is 5.92 Å². The average Bonchev–Trinajstić information content (AvgIpc) is 2.87. The van der Waals surface area contributed by atoms with E-state index in [4.69, 9.17) is 4.74 Å². The van der Waals surface area contributed by atoms with Gasteiger partial charge in [-0.2, -0.15) is 0 Å². The van der Waals surface area contributed by atoms with Gasteiger partial charge in [0.05, 0.1) is 12.5 Å². The van der Waals surface area contributed by atoms with E-state index >= 15 is 0 Å². The maximum absolute atomic E-state index is 12.2. The van der Waals surface area contributed by atoms with Crippen molar-refractivity contribution in [2.75, 3.05) is 20.2 Å². The molecule has 1 N–H and O–H groups in total. The Kier molecular flexibility index (Phi) is 4.61. The van der Waals surface area contributed by atoms with Gasteiger partial charge in [-0.05, 0) is 24.6 Å². The van der Waals surface area contributed by atoms with Crippen LogP contribution in [0.25, 0.3) is 0 Å². The number of rotatable bonds is 5. The van der Waals surface area contributed by atoms with Crippen LogP contribution in [-0.4, -0.2) is 36.9 Å². The van der Waals surface area contributed by atoms with Crippen LogP contribution in [0.2, 0.25) is 0 Å². The van der Waals surface area contributed by atoms with E-state index in [1.165, 1.54) is 0 Å². The summed E-state index contributed by atoms with van der Waals surface area (Å²) in [6.45, 7) is 3.57. The Bertz CT molecular complexity index is 484. The predicted octanol–water partition coefficient (Wildman–Crippen LogP) is 1.18.